The van der Waals surface area contributed by atoms with Gasteiger partial charge >= 0.3 is 0 Å². The van der Waals surface area contributed by atoms with Crippen LogP contribution < -0.4 is 10.6 Å². The molecule has 0 saturated heterocycles. The molecule has 1 rings (SSSR count). The molecule has 1 aromatic heterocycles. The molecular formula is C13H21N3O. The van der Waals surface area contributed by atoms with Crippen LogP contribution in [0.2, 0.25) is 0 Å². The van der Waals surface area contributed by atoms with Crippen molar-refractivity contribution in [1.29, 1.82) is 0 Å². The molecule has 0 spiro atoms. The van der Waals surface area contributed by atoms with Crippen molar-refractivity contribution in [3.05, 3.63) is 29.6 Å². The molecule has 0 unspecified atom stereocenters. The molecule has 0 aliphatic heterocycles. The highest BCUT2D eigenvalue weighted by atomic mass is 16.2. The molecule has 1 amide bonds. The summed E-state index contributed by atoms with van der Waals surface area (Å²) in [5.41, 5.74) is 1.90. The molecule has 0 atom stereocenters. The van der Waals surface area contributed by atoms with Crippen molar-refractivity contribution in [1.82, 2.24) is 15.6 Å². The van der Waals surface area contributed by atoms with E-state index in [0.29, 0.717) is 13.1 Å². The predicted molar refractivity (Wildman–Crippen MR) is 68.6 cm³/mol. The van der Waals surface area contributed by atoms with E-state index in [4.69, 9.17) is 0 Å². The maximum atomic E-state index is 11.5. The smallest absolute Gasteiger partial charge is 0.234 e. The molecule has 0 fully saturated rings. The van der Waals surface area contributed by atoms with Gasteiger partial charge in [-0.3, -0.25) is 9.78 Å². The summed E-state index contributed by atoms with van der Waals surface area (Å²) < 4.78 is 0. The Morgan fingerprint density at radius 1 is 1.35 bits per heavy atom. The first-order valence-corrected chi connectivity index (χ1v) is 5.80. The molecule has 0 bridgehead atoms. The molecule has 4 heteroatoms. The van der Waals surface area contributed by atoms with Gasteiger partial charge in [0.1, 0.15) is 0 Å². The summed E-state index contributed by atoms with van der Waals surface area (Å²) in [6, 6.07) is 3.98. The van der Waals surface area contributed by atoms with Crippen LogP contribution in [0.4, 0.5) is 0 Å². The van der Waals surface area contributed by atoms with Gasteiger partial charge in [-0.2, -0.15) is 0 Å². The molecule has 94 valence electrons. The third-order valence-electron chi connectivity index (χ3n) is 2.08. The Balaban J connectivity index is 2.28. The minimum atomic E-state index is -0.180. The Kier molecular flexibility index (Phi) is 4.63. The van der Waals surface area contributed by atoms with Crippen molar-refractivity contribution in [3.63, 3.8) is 0 Å². The average molecular weight is 235 g/mol. The molecule has 0 radical (unpaired) electrons. The van der Waals surface area contributed by atoms with E-state index in [9.17, 15) is 4.79 Å². The maximum Gasteiger partial charge on any atom is 0.234 e. The molecule has 0 aliphatic rings. The fraction of sp³-hybridized carbons (Fsp3) is 0.538. The Morgan fingerprint density at radius 2 is 2.06 bits per heavy atom. The zero-order chi connectivity index (χ0) is 12.9. The van der Waals surface area contributed by atoms with Crippen LogP contribution in [0.25, 0.3) is 0 Å². The number of amides is 1. The SMILES string of the molecule is Cc1ccc(CNCC(=O)NC(C)(C)C)nc1. The number of carbonyl (C=O) groups is 1. The highest BCUT2D eigenvalue weighted by Gasteiger charge is 2.12. The van der Waals surface area contributed by atoms with Gasteiger partial charge in [0, 0.05) is 18.3 Å². The number of aryl methyl sites for hydroxylation is 1. The zero-order valence-corrected chi connectivity index (χ0v) is 11.0. The minimum Gasteiger partial charge on any atom is -0.350 e. The first-order chi connectivity index (χ1) is 7.87. The Labute approximate surface area is 103 Å². The second-order valence-electron chi connectivity index (χ2n) is 5.23. The summed E-state index contributed by atoms with van der Waals surface area (Å²) in [5, 5.41) is 5.96. The second kappa shape index (κ2) is 5.77. The van der Waals surface area contributed by atoms with Crippen molar-refractivity contribution < 1.29 is 4.79 Å². The van der Waals surface area contributed by atoms with Crippen molar-refractivity contribution in [2.45, 2.75) is 39.8 Å². The van der Waals surface area contributed by atoms with Gasteiger partial charge in [-0.1, -0.05) is 6.07 Å². The fourth-order valence-corrected chi connectivity index (χ4v) is 1.37. The standard InChI is InChI=1S/C13H21N3O/c1-10-5-6-11(15-7-10)8-14-9-12(17)16-13(2,3)4/h5-7,14H,8-9H2,1-4H3,(H,16,17). The normalized spacial score (nSPS) is 11.3. The van der Waals surface area contributed by atoms with Crippen molar-refractivity contribution in [2.75, 3.05) is 6.54 Å². The Hall–Kier alpha value is -1.42. The number of carbonyl (C=O) groups excluding carboxylic acids is 1. The number of hydrogen-bond donors (Lipinski definition) is 2. The minimum absolute atomic E-state index is 0.00427. The molecule has 0 saturated carbocycles. The summed E-state index contributed by atoms with van der Waals surface area (Å²) in [6.07, 6.45) is 1.83. The Bertz CT molecular complexity index is 365. The van der Waals surface area contributed by atoms with E-state index in [1.165, 1.54) is 0 Å². The van der Waals surface area contributed by atoms with E-state index in [2.05, 4.69) is 15.6 Å². The van der Waals surface area contributed by atoms with Crippen LogP contribution in [0.5, 0.6) is 0 Å². The van der Waals surface area contributed by atoms with Gasteiger partial charge in [0.25, 0.3) is 0 Å². The van der Waals surface area contributed by atoms with Gasteiger partial charge < -0.3 is 10.6 Å². The van der Waals surface area contributed by atoms with Crippen molar-refractivity contribution in [2.24, 2.45) is 0 Å². The second-order valence-corrected chi connectivity index (χ2v) is 5.23. The predicted octanol–water partition coefficient (Wildman–Crippen LogP) is 1.39. The van der Waals surface area contributed by atoms with Crippen LogP contribution in [-0.4, -0.2) is 23.0 Å². The third kappa shape index (κ3) is 6.02. The van der Waals surface area contributed by atoms with Crippen LogP contribution in [0.1, 0.15) is 32.0 Å². The number of nitrogens with zero attached hydrogens (tertiary/aromatic N) is 1. The van der Waals surface area contributed by atoms with Gasteiger partial charge in [0.2, 0.25) is 5.91 Å². The lowest BCUT2D eigenvalue weighted by molar-refractivity contribution is -0.121. The number of rotatable bonds is 4. The molecule has 17 heavy (non-hydrogen) atoms. The summed E-state index contributed by atoms with van der Waals surface area (Å²) in [7, 11) is 0. The lowest BCUT2D eigenvalue weighted by Gasteiger charge is -2.20. The van der Waals surface area contributed by atoms with Crippen LogP contribution in [0, 0.1) is 6.92 Å². The van der Waals surface area contributed by atoms with E-state index in [1.807, 2.05) is 46.0 Å². The largest absolute Gasteiger partial charge is 0.350 e. The monoisotopic (exact) mass is 235 g/mol. The van der Waals surface area contributed by atoms with E-state index >= 15 is 0 Å². The molecule has 1 aromatic rings. The quantitative estimate of drug-likeness (QED) is 0.829. The summed E-state index contributed by atoms with van der Waals surface area (Å²) in [5.74, 6) is 0.00427. The molecule has 2 N–H and O–H groups in total. The lowest BCUT2D eigenvalue weighted by Crippen LogP contribution is -2.44. The topological polar surface area (TPSA) is 54.0 Å². The molecule has 0 aliphatic carbocycles. The number of nitrogens with one attached hydrogen (secondary N) is 2. The number of aromatic nitrogens is 1. The number of pyridine rings is 1. The van der Waals surface area contributed by atoms with Gasteiger partial charge in [0.05, 0.1) is 12.2 Å². The van der Waals surface area contributed by atoms with Crippen LogP contribution >= 0.6 is 0 Å². The molecule has 0 aromatic carbocycles. The van der Waals surface area contributed by atoms with E-state index in [1.54, 1.807) is 0 Å². The van der Waals surface area contributed by atoms with Gasteiger partial charge in [0.15, 0.2) is 0 Å². The van der Waals surface area contributed by atoms with E-state index < -0.39 is 0 Å². The van der Waals surface area contributed by atoms with Crippen LogP contribution in [-0.2, 0) is 11.3 Å². The highest BCUT2D eigenvalue weighted by molar-refractivity contribution is 5.78. The molecular weight excluding hydrogens is 214 g/mol. The molecule has 1 heterocycles. The zero-order valence-electron chi connectivity index (χ0n) is 11.0. The maximum absolute atomic E-state index is 11.5. The first kappa shape index (κ1) is 13.6. The Morgan fingerprint density at radius 3 is 2.59 bits per heavy atom. The fourth-order valence-electron chi connectivity index (χ4n) is 1.37. The first-order valence-electron chi connectivity index (χ1n) is 5.80. The van der Waals surface area contributed by atoms with Gasteiger partial charge in [-0.05, 0) is 39.3 Å². The summed E-state index contributed by atoms with van der Waals surface area (Å²) >= 11 is 0. The van der Waals surface area contributed by atoms with Crippen LogP contribution in [0.3, 0.4) is 0 Å². The van der Waals surface area contributed by atoms with E-state index in [-0.39, 0.29) is 11.4 Å². The summed E-state index contributed by atoms with van der Waals surface area (Å²) in [4.78, 5) is 15.8. The van der Waals surface area contributed by atoms with Gasteiger partial charge in [-0.25, -0.2) is 0 Å². The van der Waals surface area contributed by atoms with Gasteiger partial charge in [-0.15, -0.1) is 0 Å². The summed E-state index contributed by atoms with van der Waals surface area (Å²) in [6.45, 7) is 8.82. The number of hydrogen-bond acceptors (Lipinski definition) is 3. The van der Waals surface area contributed by atoms with Crippen molar-refractivity contribution >= 4 is 5.91 Å². The average Bonchev–Trinajstić information content (AvgIpc) is 2.18. The van der Waals surface area contributed by atoms with Crippen molar-refractivity contribution in [3.8, 4) is 0 Å². The van der Waals surface area contributed by atoms with Crippen LogP contribution in [0.15, 0.2) is 18.3 Å². The van der Waals surface area contributed by atoms with E-state index in [0.717, 1.165) is 11.3 Å². The lowest BCUT2D eigenvalue weighted by atomic mass is 10.1. The molecule has 4 nitrogen and oxygen atoms in total. The third-order valence-corrected chi connectivity index (χ3v) is 2.08. The highest BCUT2D eigenvalue weighted by Crippen LogP contribution is 1.99.